The lowest BCUT2D eigenvalue weighted by Crippen LogP contribution is -2.35. The van der Waals surface area contributed by atoms with Crippen LogP contribution in [-0.4, -0.2) is 44.1 Å². The van der Waals surface area contributed by atoms with Crippen LogP contribution in [-0.2, 0) is 14.3 Å². The number of dihydropyridines is 1. The van der Waals surface area contributed by atoms with Crippen LogP contribution in [0.15, 0.2) is 40.9 Å². The van der Waals surface area contributed by atoms with Gasteiger partial charge in [0.1, 0.15) is 19.8 Å². The fraction of sp³-hybridized carbons (Fsp3) is 0.381. The number of likely N-dealkylation sites (N-methyl/N-ethyl adjacent to an activating group) is 1. The van der Waals surface area contributed by atoms with Gasteiger partial charge in [-0.2, -0.15) is 5.26 Å². The number of hydrogen-bond donors (Lipinski definition) is 1. The maximum absolute atomic E-state index is 12.9. The van der Waals surface area contributed by atoms with Gasteiger partial charge in [-0.1, -0.05) is 6.07 Å². The Kier molecular flexibility index (Phi) is 6.07. The van der Waals surface area contributed by atoms with E-state index in [9.17, 15) is 9.59 Å². The van der Waals surface area contributed by atoms with Gasteiger partial charge in [0.25, 0.3) is 0 Å². The van der Waals surface area contributed by atoms with Crippen molar-refractivity contribution >= 4 is 12.4 Å². The van der Waals surface area contributed by atoms with Crippen molar-refractivity contribution in [1.82, 2.24) is 10.2 Å². The Bertz CT molecular complexity index is 929. The summed E-state index contributed by atoms with van der Waals surface area (Å²) in [6.45, 7) is 4.56. The molecule has 1 unspecified atom stereocenters. The molecule has 0 saturated carbocycles. The van der Waals surface area contributed by atoms with Gasteiger partial charge in [-0.25, -0.2) is 4.79 Å². The van der Waals surface area contributed by atoms with Gasteiger partial charge in [-0.15, -0.1) is 0 Å². The molecular weight excluding hydrogens is 374 g/mol. The van der Waals surface area contributed by atoms with E-state index in [0.29, 0.717) is 48.1 Å². The minimum atomic E-state index is -0.545. The molecule has 0 spiro atoms. The second-order valence-electron chi connectivity index (χ2n) is 6.77. The molecule has 0 fully saturated rings. The maximum Gasteiger partial charge on any atom is 0.336 e. The Balaban J connectivity index is 2.08. The van der Waals surface area contributed by atoms with Crippen LogP contribution in [0, 0.1) is 11.3 Å². The van der Waals surface area contributed by atoms with Gasteiger partial charge in [0.2, 0.25) is 6.41 Å². The molecule has 8 nitrogen and oxygen atoms in total. The van der Waals surface area contributed by atoms with Crippen molar-refractivity contribution < 1.29 is 23.8 Å². The van der Waals surface area contributed by atoms with E-state index in [2.05, 4.69) is 5.32 Å². The largest absolute Gasteiger partial charge is 0.486 e. The Morgan fingerprint density at radius 2 is 2.03 bits per heavy atom. The molecule has 0 saturated heterocycles. The topological polar surface area (TPSA) is 101 Å². The summed E-state index contributed by atoms with van der Waals surface area (Å²) in [6, 6.07) is 7.43. The summed E-state index contributed by atoms with van der Waals surface area (Å²) >= 11 is 0. The molecule has 1 N–H and O–H groups in total. The van der Waals surface area contributed by atoms with E-state index in [0.717, 1.165) is 11.3 Å². The second-order valence-corrected chi connectivity index (χ2v) is 6.77. The standard InChI is InChI=1S/C21H23N3O5/c1-13-18(21(26)29-8-4-7-22)19(20(14(2)23-13)24(3)12-25)15-5-6-16-17(11-15)28-10-9-27-16/h5-6,11-12,19,23H,4,8-10H2,1-3H3. The highest BCUT2D eigenvalue weighted by atomic mass is 16.6. The summed E-state index contributed by atoms with van der Waals surface area (Å²) in [4.78, 5) is 25.9. The number of fused-ring (bicyclic) bond motifs is 1. The molecule has 1 amide bonds. The number of ether oxygens (including phenoxy) is 3. The minimum Gasteiger partial charge on any atom is -0.486 e. The van der Waals surface area contributed by atoms with E-state index in [-0.39, 0.29) is 13.0 Å². The SMILES string of the molecule is CC1=C(C(=O)OCCC#N)C(c2ccc3c(c2)OCCO3)C(N(C)C=O)=C(C)N1. The van der Waals surface area contributed by atoms with Crippen molar-refractivity contribution in [3.05, 3.63) is 46.4 Å². The molecular formula is C21H23N3O5. The van der Waals surface area contributed by atoms with E-state index in [1.54, 1.807) is 20.0 Å². The van der Waals surface area contributed by atoms with E-state index < -0.39 is 11.9 Å². The summed E-state index contributed by atoms with van der Waals surface area (Å²) in [5.41, 5.74) is 3.17. The number of rotatable bonds is 6. The molecule has 29 heavy (non-hydrogen) atoms. The Labute approximate surface area is 169 Å². The number of nitriles is 1. The van der Waals surface area contributed by atoms with Crippen molar-refractivity contribution in [1.29, 1.82) is 5.26 Å². The van der Waals surface area contributed by atoms with Crippen LogP contribution in [0.1, 0.15) is 31.7 Å². The second kappa shape index (κ2) is 8.69. The quantitative estimate of drug-likeness (QED) is 0.446. The van der Waals surface area contributed by atoms with Crippen molar-refractivity contribution in [2.75, 3.05) is 26.9 Å². The van der Waals surface area contributed by atoms with Crippen molar-refractivity contribution in [3.63, 3.8) is 0 Å². The third-order valence-electron chi connectivity index (χ3n) is 4.83. The fourth-order valence-corrected chi connectivity index (χ4v) is 3.61. The number of carbonyl (C=O) groups excluding carboxylic acids is 2. The Morgan fingerprint density at radius 3 is 2.72 bits per heavy atom. The van der Waals surface area contributed by atoms with Crippen molar-refractivity contribution in [2.45, 2.75) is 26.2 Å². The summed E-state index contributed by atoms with van der Waals surface area (Å²) in [5.74, 6) is 0.151. The van der Waals surface area contributed by atoms with Crippen LogP contribution < -0.4 is 14.8 Å². The minimum absolute atomic E-state index is 0.00151. The summed E-state index contributed by atoms with van der Waals surface area (Å²) in [6.07, 6.45) is 0.807. The number of allylic oxidation sites excluding steroid dienone is 3. The third kappa shape index (κ3) is 4.04. The van der Waals surface area contributed by atoms with Gasteiger partial charge in [-0.3, -0.25) is 4.79 Å². The van der Waals surface area contributed by atoms with Gasteiger partial charge in [0.15, 0.2) is 11.5 Å². The molecule has 0 aliphatic carbocycles. The lowest BCUT2D eigenvalue weighted by molar-refractivity contribution is -0.139. The highest BCUT2D eigenvalue weighted by Gasteiger charge is 2.36. The first-order valence-electron chi connectivity index (χ1n) is 9.28. The highest BCUT2D eigenvalue weighted by Crippen LogP contribution is 2.42. The zero-order valence-corrected chi connectivity index (χ0v) is 16.7. The number of carbonyl (C=O) groups is 2. The Hall–Kier alpha value is -3.47. The van der Waals surface area contributed by atoms with Crippen LogP contribution in [0.3, 0.4) is 0 Å². The molecule has 2 aliphatic rings. The van der Waals surface area contributed by atoms with Gasteiger partial charge in [0.05, 0.1) is 29.7 Å². The van der Waals surface area contributed by atoms with E-state index in [1.165, 1.54) is 4.90 Å². The zero-order chi connectivity index (χ0) is 21.0. The smallest absolute Gasteiger partial charge is 0.336 e. The summed E-state index contributed by atoms with van der Waals surface area (Å²) in [7, 11) is 1.64. The highest BCUT2D eigenvalue weighted by molar-refractivity contribution is 5.92. The number of hydrogen-bond acceptors (Lipinski definition) is 7. The first kappa shape index (κ1) is 20.3. The number of nitrogens with one attached hydrogen (secondary N) is 1. The lowest BCUT2D eigenvalue weighted by atomic mass is 9.83. The number of benzene rings is 1. The molecule has 8 heteroatoms. The zero-order valence-electron chi connectivity index (χ0n) is 16.7. The fourth-order valence-electron chi connectivity index (χ4n) is 3.61. The Morgan fingerprint density at radius 1 is 1.31 bits per heavy atom. The number of esters is 1. The molecule has 1 aromatic carbocycles. The predicted octanol–water partition coefficient (Wildman–Crippen LogP) is 2.20. The molecule has 0 aromatic heterocycles. The first-order valence-corrected chi connectivity index (χ1v) is 9.28. The molecule has 152 valence electrons. The van der Waals surface area contributed by atoms with Gasteiger partial charge < -0.3 is 24.4 Å². The summed E-state index contributed by atoms with van der Waals surface area (Å²) in [5, 5.41) is 11.9. The van der Waals surface area contributed by atoms with Crippen LogP contribution in [0.5, 0.6) is 11.5 Å². The molecule has 2 heterocycles. The normalized spacial score (nSPS) is 17.9. The molecule has 3 rings (SSSR count). The van der Waals surface area contributed by atoms with E-state index >= 15 is 0 Å². The van der Waals surface area contributed by atoms with Gasteiger partial charge in [0, 0.05) is 18.4 Å². The third-order valence-corrected chi connectivity index (χ3v) is 4.83. The molecule has 0 bridgehead atoms. The van der Waals surface area contributed by atoms with Crippen molar-refractivity contribution in [2.24, 2.45) is 0 Å². The van der Waals surface area contributed by atoms with Gasteiger partial charge >= 0.3 is 5.97 Å². The van der Waals surface area contributed by atoms with Crippen LogP contribution in [0.2, 0.25) is 0 Å². The van der Waals surface area contributed by atoms with E-state index in [4.69, 9.17) is 19.5 Å². The first-order chi connectivity index (χ1) is 14.0. The maximum atomic E-state index is 12.9. The van der Waals surface area contributed by atoms with E-state index in [1.807, 2.05) is 25.1 Å². The predicted molar refractivity (Wildman–Crippen MR) is 104 cm³/mol. The molecule has 0 radical (unpaired) electrons. The van der Waals surface area contributed by atoms with Crippen molar-refractivity contribution in [3.8, 4) is 17.6 Å². The molecule has 1 atom stereocenters. The summed E-state index contributed by atoms with van der Waals surface area (Å²) < 4.78 is 16.6. The van der Waals surface area contributed by atoms with Crippen LogP contribution >= 0.6 is 0 Å². The number of nitrogens with zero attached hydrogens (tertiary/aromatic N) is 2. The van der Waals surface area contributed by atoms with Crippen LogP contribution in [0.25, 0.3) is 0 Å². The average molecular weight is 397 g/mol. The monoisotopic (exact) mass is 397 g/mol. The number of amides is 1. The average Bonchev–Trinajstić information content (AvgIpc) is 2.72. The molecule has 1 aromatic rings. The van der Waals surface area contributed by atoms with Gasteiger partial charge in [-0.05, 0) is 31.5 Å². The lowest BCUT2D eigenvalue weighted by Gasteiger charge is -2.34. The van der Waals surface area contributed by atoms with Crippen LogP contribution in [0.4, 0.5) is 0 Å². The molecule has 2 aliphatic heterocycles.